The van der Waals surface area contributed by atoms with Crippen LogP contribution in [0, 0.1) is 5.92 Å². The Morgan fingerprint density at radius 3 is 2.06 bits per heavy atom. The van der Waals surface area contributed by atoms with Gasteiger partial charge in [0.15, 0.2) is 6.04 Å². The monoisotopic (exact) mass is 436 g/mol. The first kappa shape index (κ1) is 26.4. The molecule has 0 spiro atoms. The van der Waals surface area contributed by atoms with Crippen LogP contribution < -0.4 is 0 Å². The summed E-state index contributed by atoms with van der Waals surface area (Å²) in [5.41, 5.74) is 0.195. The highest BCUT2D eigenvalue weighted by molar-refractivity contribution is 5.89. The second-order valence-electron chi connectivity index (χ2n) is 9.04. The molecule has 1 N–H and O–H groups in total. The molecule has 0 saturated carbocycles. The second kappa shape index (κ2) is 11.7. The minimum Gasteiger partial charge on any atom is -0.480 e. The maximum atomic E-state index is 13.2. The third-order valence-corrected chi connectivity index (χ3v) is 4.62. The van der Waals surface area contributed by atoms with Gasteiger partial charge in [-0.05, 0) is 38.7 Å². The van der Waals surface area contributed by atoms with Crippen LogP contribution in [0.5, 0.6) is 0 Å². The normalized spacial score (nSPS) is 13.4. The van der Waals surface area contributed by atoms with Crippen molar-refractivity contribution in [3.8, 4) is 0 Å². The molecule has 0 unspecified atom stereocenters. The van der Waals surface area contributed by atoms with E-state index in [-0.39, 0.29) is 19.1 Å². The number of aliphatic carboxylic acids is 1. The van der Waals surface area contributed by atoms with Crippen molar-refractivity contribution in [3.63, 3.8) is 0 Å². The summed E-state index contributed by atoms with van der Waals surface area (Å²) in [4.78, 5) is 40.0. The predicted molar refractivity (Wildman–Crippen MR) is 118 cm³/mol. The van der Waals surface area contributed by atoms with Crippen LogP contribution in [0.4, 0.5) is 4.79 Å². The van der Waals surface area contributed by atoms with E-state index in [4.69, 9.17) is 9.47 Å². The number of carboxylic acid groups (broad SMARTS) is 1. The first-order valence-corrected chi connectivity index (χ1v) is 10.4. The minimum atomic E-state index is -1.18. The van der Waals surface area contributed by atoms with Gasteiger partial charge < -0.3 is 19.5 Å². The van der Waals surface area contributed by atoms with E-state index in [1.165, 1.54) is 19.0 Å². The molecule has 31 heavy (non-hydrogen) atoms. The third-order valence-electron chi connectivity index (χ3n) is 4.62. The molecule has 2 atom stereocenters. The van der Waals surface area contributed by atoms with Gasteiger partial charge in [0.25, 0.3) is 0 Å². The van der Waals surface area contributed by atoms with E-state index in [2.05, 4.69) is 0 Å². The molecule has 0 fully saturated rings. The molecule has 0 aliphatic rings. The average Bonchev–Trinajstić information content (AvgIpc) is 2.67. The molecule has 0 radical (unpaired) electrons. The highest BCUT2D eigenvalue weighted by Gasteiger charge is 2.36. The number of ether oxygens (including phenoxy) is 2. The molecule has 0 saturated heterocycles. The zero-order valence-electron chi connectivity index (χ0n) is 19.6. The average molecular weight is 437 g/mol. The van der Waals surface area contributed by atoms with Gasteiger partial charge in [0, 0.05) is 14.1 Å². The first-order valence-electron chi connectivity index (χ1n) is 10.4. The quantitative estimate of drug-likeness (QED) is 0.604. The number of hydrogen-bond acceptors (Lipinski definition) is 5. The van der Waals surface area contributed by atoms with Gasteiger partial charge in [-0.3, -0.25) is 9.69 Å². The number of carbonyl (C=O) groups excluding carboxylic acids is 2. The molecule has 8 heteroatoms. The van der Waals surface area contributed by atoms with Crippen LogP contribution in [0.2, 0.25) is 0 Å². The molecule has 1 aromatic carbocycles. The lowest BCUT2D eigenvalue weighted by Gasteiger charge is -2.35. The van der Waals surface area contributed by atoms with Crippen LogP contribution in [-0.2, 0) is 25.7 Å². The van der Waals surface area contributed by atoms with Crippen LogP contribution in [0.25, 0.3) is 0 Å². The second-order valence-corrected chi connectivity index (χ2v) is 9.04. The van der Waals surface area contributed by atoms with Gasteiger partial charge in [-0.1, -0.05) is 44.2 Å². The van der Waals surface area contributed by atoms with Gasteiger partial charge in [0.1, 0.15) is 11.6 Å². The molecule has 8 nitrogen and oxygen atoms in total. The smallest absolute Gasteiger partial charge is 0.410 e. The van der Waals surface area contributed by atoms with Crippen LogP contribution in [0.1, 0.15) is 46.6 Å². The van der Waals surface area contributed by atoms with Crippen molar-refractivity contribution in [2.45, 2.75) is 65.3 Å². The lowest BCUT2D eigenvalue weighted by atomic mass is 10.0. The molecule has 2 amide bonds. The summed E-state index contributed by atoms with van der Waals surface area (Å²) < 4.78 is 11.0. The van der Waals surface area contributed by atoms with E-state index in [0.717, 1.165) is 10.5 Å². The number of hydrogen-bond donors (Lipinski definition) is 1. The number of nitrogens with zero attached hydrogens (tertiary/aromatic N) is 2. The van der Waals surface area contributed by atoms with Crippen LogP contribution in [0.3, 0.4) is 0 Å². The molecule has 0 bridgehead atoms. The predicted octanol–water partition coefficient (Wildman–Crippen LogP) is 3.40. The van der Waals surface area contributed by atoms with E-state index in [1.54, 1.807) is 20.8 Å². The fourth-order valence-corrected chi connectivity index (χ4v) is 2.93. The van der Waals surface area contributed by atoms with Crippen molar-refractivity contribution in [1.29, 1.82) is 0 Å². The molecular weight excluding hydrogens is 400 g/mol. The van der Waals surface area contributed by atoms with Crippen molar-refractivity contribution < 1.29 is 29.0 Å². The maximum Gasteiger partial charge on any atom is 0.410 e. The van der Waals surface area contributed by atoms with Gasteiger partial charge in [0.05, 0.1) is 13.2 Å². The number of benzene rings is 1. The number of rotatable bonds is 10. The fourth-order valence-electron chi connectivity index (χ4n) is 2.93. The molecule has 0 heterocycles. The Balaban J connectivity index is 2.92. The largest absolute Gasteiger partial charge is 0.480 e. The summed E-state index contributed by atoms with van der Waals surface area (Å²) in [6.45, 7) is 9.16. The lowest BCUT2D eigenvalue weighted by molar-refractivity contribution is -0.154. The highest BCUT2D eigenvalue weighted by Crippen LogP contribution is 2.18. The zero-order valence-corrected chi connectivity index (χ0v) is 19.6. The van der Waals surface area contributed by atoms with E-state index in [0.29, 0.717) is 6.42 Å². The number of amides is 2. The van der Waals surface area contributed by atoms with E-state index >= 15 is 0 Å². The van der Waals surface area contributed by atoms with Gasteiger partial charge >= 0.3 is 12.1 Å². The molecule has 0 aliphatic heterocycles. The topological polar surface area (TPSA) is 96.4 Å². The Hall–Kier alpha value is -2.61. The number of likely N-dealkylation sites (N-methyl/N-ethyl adjacent to an activating group) is 2. The summed E-state index contributed by atoms with van der Waals surface area (Å²) in [6, 6.07) is 7.33. The summed E-state index contributed by atoms with van der Waals surface area (Å²) in [6.07, 6.45) is -0.261. The van der Waals surface area contributed by atoms with E-state index < -0.39 is 35.7 Å². The van der Waals surface area contributed by atoms with Crippen LogP contribution in [0.15, 0.2) is 30.3 Å². The molecular formula is C23H36N2O6. The molecule has 1 rings (SSSR count). The lowest BCUT2D eigenvalue weighted by Crippen LogP contribution is -2.54. The zero-order chi connectivity index (χ0) is 23.8. The minimum absolute atomic E-state index is 0.102. The number of carboxylic acids is 1. The van der Waals surface area contributed by atoms with Crippen molar-refractivity contribution in [1.82, 2.24) is 9.80 Å². The van der Waals surface area contributed by atoms with Crippen molar-refractivity contribution in [2.24, 2.45) is 5.92 Å². The van der Waals surface area contributed by atoms with Crippen LogP contribution >= 0.6 is 0 Å². The van der Waals surface area contributed by atoms with E-state index in [1.807, 2.05) is 44.2 Å². The standard InChI is InChI=1S/C23H36N2O6/c1-16(2)13-18(25(7)22(29)31-23(3,4)5)20(26)24(6)19(21(27)28)15-30-14-17-11-9-8-10-12-17/h8-12,16,18-19H,13-15H2,1-7H3,(H,27,28)/t18-,19-/m0/s1. The fraction of sp³-hybridized carbons (Fsp3) is 0.609. The van der Waals surface area contributed by atoms with Gasteiger partial charge in [-0.25, -0.2) is 9.59 Å². The van der Waals surface area contributed by atoms with Crippen LogP contribution in [-0.4, -0.2) is 71.3 Å². The summed E-state index contributed by atoms with van der Waals surface area (Å²) in [5, 5.41) is 9.67. The Kier molecular flexibility index (Phi) is 9.97. The Bertz CT molecular complexity index is 729. The first-order chi connectivity index (χ1) is 14.3. The van der Waals surface area contributed by atoms with Gasteiger partial charge in [0.2, 0.25) is 5.91 Å². The summed E-state index contributed by atoms with van der Waals surface area (Å²) in [5.74, 6) is -1.55. The molecule has 0 aromatic heterocycles. The van der Waals surface area contributed by atoms with Crippen molar-refractivity contribution in [3.05, 3.63) is 35.9 Å². The Morgan fingerprint density at radius 1 is 1.00 bits per heavy atom. The molecule has 0 aliphatic carbocycles. The highest BCUT2D eigenvalue weighted by atomic mass is 16.6. The maximum absolute atomic E-state index is 13.2. The summed E-state index contributed by atoms with van der Waals surface area (Å²) >= 11 is 0. The van der Waals surface area contributed by atoms with Gasteiger partial charge in [-0.15, -0.1) is 0 Å². The Labute approximate surface area is 185 Å². The third kappa shape index (κ3) is 8.96. The summed E-state index contributed by atoms with van der Waals surface area (Å²) in [7, 11) is 2.91. The molecule has 174 valence electrons. The molecule has 1 aromatic rings. The SMILES string of the molecule is CC(C)C[C@@H](C(=O)N(C)[C@@H](COCc1ccccc1)C(=O)O)N(C)C(=O)OC(C)(C)C. The van der Waals surface area contributed by atoms with Crippen molar-refractivity contribution >= 4 is 18.0 Å². The van der Waals surface area contributed by atoms with E-state index in [9.17, 15) is 19.5 Å². The van der Waals surface area contributed by atoms with Gasteiger partial charge in [-0.2, -0.15) is 0 Å². The number of carbonyl (C=O) groups is 3. The van der Waals surface area contributed by atoms with Crippen molar-refractivity contribution in [2.75, 3.05) is 20.7 Å². The Morgan fingerprint density at radius 2 is 1.58 bits per heavy atom.